The first-order valence-corrected chi connectivity index (χ1v) is 11.5. The van der Waals surface area contributed by atoms with Gasteiger partial charge in [-0.05, 0) is 36.8 Å². The van der Waals surface area contributed by atoms with Crippen molar-refractivity contribution in [1.29, 1.82) is 0 Å². The molecule has 0 radical (unpaired) electrons. The lowest BCUT2D eigenvalue weighted by Gasteiger charge is -2.10. The number of hydrogen-bond acceptors (Lipinski definition) is 5. The van der Waals surface area contributed by atoms with E-state index in [9.17, 15) is 9.00 Å². The molecule has 1 N–H and O–H groups in total. The van der Waals surface area contributed by atoms with E-state index in [1.54, 1.807) is 43.5 Å². The number of amides is 1. The fourth-order valence-electron chi connectivity index (χ4n) is 3.10. The maximum absolute atomic E-state index is 13.0. The second-order valence-corrected chi connectivity index (χ2v) is 8.90. The van der Waals surface area contributed by atoms with Gasteiger partial charge in [0.05, 0.1) is 25.5 Å². The number of benzene rings is 2. The van der Waals surface area contributed by atoms with Crippen molar-refractivity contribution in [3.8, 4) is 28.4 Å². The average Bonchev–Trinajstić information content (AvgIpc) is 3.24. The molecule has 0 unspecified atom stereocenters. The summed E-state index contributed by atoms with van der Waals surface area (Å²) in [6.07, 6.45) is 4.02. The van der Waals surface area contributed by atoms with Crippen molar-refractivity contribution in [1.82, 2.24) is 15.1 Å². The number of methoxy groups -OCH3 is 2. The lowest BCUT2D eigenvalue weighted by molar-refractivity contribution is 0.0954. The molecular weight excluding hydrogens is 414 g/mol. The molecular formula is C23H27N3O4S. The Hall–Kier alpha value is -3.13. The maximum Gasteiger partial charge on any atom is 0.255 e. The Morgan fingerprint density at radius 1 is 1.13 bits per heavy atom. The first-order valence-electron chi connectivity index (χ1n) is 9.92. The van der Waals surface area contributed by atoms with Crippen LogP contribution in [-0.4, -0.2) is 52.2 Å². The number of hydrogen-bond donors (Lipinski definition) is 1. The Kier molecular flexibility index (Phi) is 7.46. The van der Waals surface area contributed by atoms with E-state index < -0.39 is 10.8 Å². The molecule has 0 bridgehead atoms. The van der Waals surface area contributed by atoms with Crippen molar-refractivity contribution in [2.24, 2.45) is 0 Å². The third kappa shape index (κ3) is 5.32. The minimum absolute atomic E-state index is 0.0117. The quantitative estimate of drug-likeness (QED) is 0.550. The number of carbonyl (C=O) groups excluding carboxylic acids is 1. The van der Waals surface area contributed by atoms with Crippen molar-refractivity contribution >= 4 is 16.7 Å². The van der Waals surface area contributed by atoms with Gasteiger partial charge in [-0.2, -0.15) is 5.10 Å². The van der Waals surface area contributed by atoms with Crippen molar-refractivity contribution < 1.29 is 18.5 Å². The monoisotopic (exact) mass is 441 g/mol. The predicted molar refractivity (Wildman–Crippen MR) is 123 cm³/mol. The van der Waals surface area contributed by atoms with E-state index >= 15 is 0 Å². The molecule has 3 rings (SSSR count). The molecule has 7 nitrogen and oxygen atoms in total. The molecule has 0 aliphatic heterocycles. The van der Waals surface area contributed by atoms with E-state index in [1.165, 1.54) is 0 Å². The molecule has 0 saturated heterocycles. The van der Waals surface area contributed by atoms with Gasteiger partial charge >= 0.3 is 0 Å². The number of nitrogens with one attached hydrogen (secondary N) is 1. The van der Waals surface area contributed by atoms with Gasteiger partial charge in [-0.15, -0.1) is 0 Å². The molecule has 164 valence electrons. The number of carbonyl (C=O) groups is 1. The van der Waals surface area contributed by atoms with Crippen LogP contribution in [0.5, 0.6) is 11.5 Å². The maximum atomic E-state index is 13.0. The van der Waals surface area contributed by atoms with Gasteiger partial charge in [0.15, 0.2) is 11.5 Å². The lowest BCUT2D eigenvalue weighted by Crippen LogP contribution is -2.27. The smallest absolute Gasteiger partial charge is 0.255 e. The Morgan fingerprint density at radius 2 is 1.84 bits per heavy atom. The summed E-state index contributed by atoms with van der Waals surface area (Å²) in [5, 5.41) is 7.62. The summed E-state index contributed by atoms with van der Waals surface area (Å²) in [6, 6.07) is 15.0. The second-order valence-electron chi connectivity index (χ2n) is 7.10. The molecule has 1 amide bonds. The molecule has 0 spiro atoms. The molecule has 31 heavy (non-hydrogen) atoms. The van der Waals surface area contributed by atoms with Gasteiger partial charge in [0.2, 0.25) is 0 Å². The Balaban J connectivity index is 1.96. The molecule has 0 fully saturated rings. The zero-order valence-corrected chi connectivity index (χ0v) is 18.9. The van der Waals surface area contributed by atoms with Gasteiger partial charge in [0, 0.05) is 40.6 Å². The van der Waals surface area contributed by atoms with E-state index in [1.807, 2.05) is 43.3 Å². The molecule has 0 aliphatic carbocycles. The van der Waals surface area contributed by atoms with Crippen LogP contribution in [0.4, 0.5) is 0 Å². The van der Waals surface area contributed by atoms with Crippen LogP contribution >= 0.6 is 0 Å². The van der Waals surface area contributed by atoms with Crippen LogP contribution in [0.25, 0.3) is 16.9 Å². The standard InChI is InChI=1S/C23H27N3O4S/c1-16(31(4)28)12-13-24-23(27)19-15-26(18-8-6-5-7-9-18)25-22(19)17-10-11-20(29-2)21(14-17)30-3/h5-11,14-16H,12-13H2,1-4H3,(H,24,27)/t16-,31+/m0/s1. The second kappa shape index (κ2) is 10.3. The third-order valence-corrected chi connectivity index (χ3v) is 6.41. The van der Waals surface area contributed by atoms with Crippen molar-refractivity contribution in [3.63, 3.8) is 0 Å². The Labute approximate surface area is 184 Å². The summed E-state index contributed by atoms with van der Waals surface area (Å²) in [6.45, 7) is 2.34. The average molecular weight is 442 g/mol. The van der Waals surface area contributed by atoms with Crippen LogP contribution in [0.2, 0.25) is 0 Å². The first kappa shape index (κ1) is 22.6. The largest absolute Gasteiger partial charge is 0.493 e. The molecule has 0 saturated carbocycles. The number of ether oxygens (including phenoxy) is 2. The number of aromatic nitrogens is 2. The Morgan fingerprint density at radius 3 is 2.48 bits per heavy atom. The van der Waals surface area contributed by atoms with Crippen molar-refractivity contribution in [3.05, 3.63) is 60.3 Å². The lowest BCUT2D eigenvalue weighted by atomic mass is 10.1. The van der Waals surface area contributed by atoms with Crippen LogP contribution in [0.1, 0.15) is 23.7 Å². The molecule has 1 heterocycles. The molecule has 2 aromatic carbocycles. The predicted octanol–water partition coefficient (Wildman–Crippen LogP) is 3.44. The van der Waals surface area contributed by atoms with Gasteiger partial charge in [-0.1, -0.05) is 25.1 Å². The van der Waals surface area contributed by atoms with Crippen LogP contribution in [-0.2, 0) is 10.8 Å². The van der Waals surface area contributed by atoms with Crippen molar-refractivity contribution in [2.45, 2.75) is 18.6 Å². The van der Waals surface area contributed by atoms with Crippen molar-refractivity contribution in [2.75, 3.05) is 27.0 Å². The molecule has 1 aromatic heterocycles. The number of nitrogens with zero attached hydrogens (tertiary/aromatic N) is 2. The summed E-state index contributed by atoms with van der Waals surface area (Å²) < 4.78 is 24.0. The first-order chi connectivity index (χ1) is 14.9. The number of rotatable bonds is 9. The van der Waals surface area contributed by atoms with Crippen LogP contribution in [0, 0.1) is 0 Å². The van der Waals surface area contributed by atoms with Crippen LogP contribution in [0.3, 0.4) is 0 Å². The normalized spacial score (nSPS) is 12.8. The van der Waals surface area contributed by atoms with E-state index in [4.69, 9.17) is 9.47 Å². The van der Waals surface area contributed by atoms with Gasteiger partial charge in [0.1, 0.15) is 5.69 Å². The summed E-state index contributed by atoms with van der Waals surface area (Å²) in [5.74, 6) is 0.919. The fraction of sp³-hybridized carbons (Fsp3) is 0.304. The third-order valence-electron chi connectivity index (χ3n) is 5.04. The highest BCUT2D eigenvalue weighted by Crippen LogP contribution is 2.33. The minimum Gasteiger partial charge on any atom is -0.493 e. The van der Waals surface area contributed by atoms with Crippen LogP contribution in [0.15, 0.2) is 54.7 Å². The summed E-state index contributed by atoms with van der Waals surface area (Å²) in [7, 11) is 2.22. The summed E-state index contributed by atoms with van der Waals surface area (Å²) >= 11 is 0. The van der Waals surface area contributed by atoms with E-state index in [0.29, 0.717) is 35.7 Å². The minimum atomic E-state index is -0.925. The zero-order chi connectivity index (χ0) is 22.4. The van der Waals surface area contributed by atoms with E-state index in [2.05, 4.69) is 10.4 Å². The Bertz CT molecular complexity index is 1070. The van der Waals surface area contributed by atoms with Crippen LogP contribution < -0.4 is 14.8 Å². The highest BCUT2D eigenvalue weighted by Gasteiger charge is 2.20. The van der Waals surface area contributed by atoms with Gasteiger partial charge in [0.25, 0.3) is 5.91 Å². The van der Waals surface area contributed by atoms with E-state index in [-0.39, 0.29) is 11.2 Å². The fourth-order valence-corrected chi connectivity index (χ4v) is 3.55. The molecule has 3 aromatic rings. The summed E-state index contributed by atoms with van der Waals surface area (Å²) in [5.41, 5.74) is 2.56. The zero-order valence-electron chi connectivity index (χ0n) is 18.1. The highest BCUT2D eigenvalue weighted by atomic mass is 32.2. The molecule has 8 heteroatoms. The van der Waals surface area contributed by atoms with Gasteiger partial charge < -0.3 is 14.8 Å². The SMILES string of the molecule is COc1ccc(-c2nn(-c3ccccc3)cc2C(=O)NCC[C@H](C)[S@@](C)=O)cc1OC. The van der Waals surface area contributed by atoms with Gasteiger partial charge in [-0.25, -0.2) is 4.68 Å². The molecule has 2 atom stereocenters. The summed E-state index contributed by atoms with van der Waals surface area (Å²) in [4.78, 5) is 13.0. The topological polar surface area (TPSA) is 82.5 Å². The molecule has 0 aliphatic rings. The number of para-hydroxylation sites is 1. The highest BCUT2D eigenvalue weighted by molar-refractivity contribution is 7.84. The van der Waals surface area contributed by atoms with Gasteiger partial charge in [-0.3, -0.25) is 9.00 Å². The van der Waals surface area contributed by atoms with E-state index in [0.717, 1.165) is 11.3 Å².